The van der Waals surface area contributed by atoms with Crippen molar-refractivity contribution in [3.8, 4) is 6.07 Å². The van der Waals surface area contributed by atoms with Gasteiger partial charge in [-0.15, -0.1) is 0 Å². The molecule has 0 aromatic rings. The van der Waals surface area contributed by atoms with Crippen LogP contribution in [-0.4, -0.2) is 11.1 Å². The molecule has 0 fully saturated rings. The van der Waals surface area contributed by atoms with Gasteiger partial charge in [0.2, 0.25) is 0 Å². The molecule has 16 heavy (non-hydrogen) atoms. The Morgan fingerprint density at radius 3 is 2.00 bits per heavy atom. The van der Waals surface area contributed by atoms with Crippen molar-refractivity contribution in [3.05, 3.63) is 11.1 Å². The van der Waals surface area contributed by atoms with Crippen LogP contribution in [0, 0.1) is 11.3 Å². The van der Waals surface area contributed by atoms with Gasteiger partial charge in [-0.05, 0) is 25.7 Å². The summed E-state index contributed by atoms with van der Waals surface area (Å²) in [4.78, 5) is 11.1. The van der Waals surface area contributed by atoms with E-state index < -0.39 is 5.97 Å². The Morgan fingerprint density at radius 1 is 1.00 bits per heavy atom. The molecule has 0 atom stereocenters. The number of rotatable bonds is 1. The van der Waals surface area contributed by atoms with Crippen LogP contribution in [0.25, 0.3) is 0 Å². The lowest BCUT2D eigenvalue weighted by Crippen LogP contribution is -2.04. The lowest BCUT2D eigenvalue weighted by molar-refractivity contribution is -0.132. The van der Waals surface area contributed by atoms with Gasteiger partial charge in [0.1, 0.15) is 0 Å². The topological polar surface area (TPSA) is 61.1 Å². The number of carboxylic acid groups (broad SMARTS) is 1. The van der Waals surface area contributed by atoms with Gasteiger partial charge in [-0.3, -0.25) is 0 Å². The van der Waals surface area contributed by atoms with Crippen molar-refractivity contribution in [1.29, 1.82) is 5.26 Å². The third-order valence-corrected chi connectivity index (χ3v) is 3.11. The van der Waals surface area contributed by atoms with Crippen molar-refractivity contribution in [2.75, 3.05) is 0 Å². The van der Waals surface area contributed by atoms with Crippen molar-refractivity contribution in [2.24, 2.45) is 0 Å². The third-order valence-electron chi connectivity index (χ3n) is 3.11. The Kier molecular flexibility index (Phi) is 5.63. The van der Waals surface area contributed by atoms with Gasteiger partial charge in [-0.1, -0.05) is 32.1 Å². The van der Waals surface area contributed by atoms with Gasteiger partial charge in [-0.25, -0.2) is 4.79 Å². The molecule has 1 aliphatic rings. The summed E-state index contributed by atoms with van der Waals surface area (Å²) >= 11 is 0. The smallest absolute Gasteiger partial charge is 0.332 e. The molecule has 88 valence electrons. The van der Waals surface area contributed by atoms with Gasteiger partial charge in [-0.2, -0.15) is 5.26 Å². The zero-order chi connectivity index (χ0) is 11.8. The van der Waals surface area contributed by atoms with Gasteiger partial charge in [0, 0.05) is 5.57 Å². The summed E-state index contributed by atoms with van der Waals surface area (Å²) in [6, 6.07) is 2.07. The summed E-state index contributed by atoms with van der Waals surface area (Å²) in [5.74, 6) is -0.907. The molecule has 1 aliphatic carbocycles. The van der Waals surface area contributed by atoms with Crippen LogP contribution < -0.4 is 0 Å². The van der Waals surface area contributed by atoms with E-state index in [1.54, 1.807) is 0 Å². The molecular weight excluding hydrogens is 202 g/mol. The lowest BCUT2D eigenvalue weighted by atomic mass is 9.99. The first-order chi connectivity index (χ1) is 7.75. The molecule has 0 aliphatic heterocycles. The lowest BCUT2D eigenvalue weighted by Gasteiger charge is -2.05. The summed E-state index contributed by atoms with van der Waals surface area (Å²) in [7, 11) is 0. The van der Waals surface area contributed by atoms with E-state index in [-0.39, 0.29) is 0 Å². The van der Waals surface area contributed by atoms with Crippen LogP contribution in [0.5, 0.6) is 0 Å². The average Bonchev–Trinajstić information content (AvgIpc) is 2.31. The maximum atomic E-state index is 11.1. The maximum absolute atomic E-state index is 11.1. The molecule has 0 saturated carbocycles. The fraction of sp³-hybridized carbons (Fsp3) is 0.692. The molecule has 3 heteroatoms. The second-order valence-electron chi connectivity index (χ2n) is 4.35. The molecule has 0 aromatic heterocycles. The Bertz CT molecular complexity index is 312. The van der Waals surface area contributed by atoms with Crippen molar-refractivity contribution in [2.45, 2.75) is 57.8 Å². The van der Waals surface area contributed by atoms with E-state index in [2.05, 4.69) is 6.07 Å². The molecule has 0 spiro atoms. The Morgan fingerprint density at radius 2 is 1.50 bits per heavy atom. The van der Waals surface area contributed by atoms with Crippen LogP contribution in [0.15, 0.2) is 11.1 Å². The molecule has 0 aromatic carbocycles. The highest BCUT2D eigenvalue weighted by molar-refractivity contribution is 5.88. The minimum atomic E-state index is -0.907. The number of nitriles is 1. The predicted octanol–water partition coefficient (Wildman–Crippen LogP) is 3.42. The second-order valence-corrected chi connectivity index (χ2v) is 4.35. The van der Waals surface area contributed by atoms with Crippen molar-refractivity contribution >= 4 is 5.97 Å². The second kappa shape index (κ2) is 7.05. The number of aliphatic carboxylic acids is 1. The summed E-state index contributed by atoms with van der Waals surface area (Å²) in [6.45, 7) is 0. The minimum Gasteiger partial charge on any atom is -0.478 e. The van der Waals surface area contributed by atoms with E-state index in [1.165, 1.54) is 19.3 Å². The molecule has 3 nitrogen and oxygen atoms in total. The van der Waals surface area contributed by atoms with Crippen molar-refractivity contribution < 1.29 is 9.90 Å². The SMILES string of the molecule is N#C/C1=C(\C(=O)O)CCCCCCCCC1. The fourth-order valence-electron chi connectivity index (χ4n) is 2.15. The highest BCUT2D eigenvalue weighted by Gasteiger charge is 2.14. The molecular formula is C13H19NO2. The molecule has 1 rings (SSSR count). The van der Waals surface area contributed by atoms with Crippen molar-refractivity contribution in [1.82, 2.24) is 0 Å². The van der Waals surface area contributed by atoms with Gasteiger partial charge in [0.25, 0.3) is 0 Å². The van der Waals surface area contributed by atoms with E-state index in [1.807, 2.05) is 0 Å². The van der Waals surface area contributed by atoms with Gasteiger partial charge in [0.15, 0.2) is 0 Å². The summed E-state index contributed by atoms with van der Waals surface area (Å²) in [5.41, 5.74) is 0.846. The standard InChI is InChI=1S/C13H19NO2/c14-10-11-8-6-4-2-1-3-5-7-9-12(11)13(15)16/h1-9H2,(H,15,16)/b12-11-. The first kappa shape index (κ1) is 12.8. The molecule has 0 unspecified atom stereocenters. The Hall–Kier alpha value is -1.30. The number of hydrogen-bond donors (Lipinski definition) is 1. The highest BCUT2D eigenvalue weighted by Crippen LogP contribution is 2.21. The van der Waals surface area contributed by atoms with Crippen LogP contribution in [0.2, 0.25) is 0 Å². The molecule has 0 radical (unpaired) electrons. The van der Waals surface area contributed by atoms with E-state index in [4.69, 9.17) is 10.4 Å². The molecule has 0 heterocycles. The van der Waals surface area contributed by atoms with Crippen LogP contribution in [0.1, 0.15) is 57.8 Å². The van der Waals surface area contributed by atoms with Crippen LogP contribution in [0.4, 0.5) is 0 Å². The minimum absolute atomic E-state index is 0.351. The zero-order valence-electron chi connectivity index (χ0n) is 9.67. The number of hydrogen-bond acceptors (Lipinski definition) is 2. The predicted molar refractivity (Wildman–Crippen MR) is 61.8 cm³/mol. The number of carbonyl (C=O) groups is 1. The van der Waals surface area contributed by atoms with Crippen LogP contribution in [-0.2, 0) is 4.79 Å². The summed E-state index contributed by atoms with van der Waals surface area (Å²) in [6.07, 6.45) is 8.86. The van der Waals surface area contributed by atoms with E-state index in [0.717, 1.165) is 25.7 Å². The number of carboxylic acids is 1. The first-order valence-corrected chi connectivity index (χ1v) is 6.11. The monoisotopic (exact) mass is 221 g/mol. The number of allylic oxidation sites excluding steroid dienone is 1. The molecule has 1 N–H and O–H groups in total. The molecule has 0 saturated heterocycles. The summed E-state index contributed by atoms with van der Waals surface area (Å²) < 4.78 is 0. The van der Waals surface area contributed by atoms with E-state index >= 15 is 0 Å². The fourth-order valence-corrected chi connectivity index (χ4v) is 2.15. The van der Waals surface area contributed by atoms with E-state index in [9.17, 15) is 4.79 Å². The highest BCUT2D eigenvalue weighted by atomic mass is 16.4. The van der Waals surface area contributed by atoms with E-state index in [0.29, 0.717) is 24.0 Å². The molecule has 0 bridgehead atoms. The molecule has 0 amide bonds. The van der Waals surface area contributed by atoms with Crippen LogP contribution in [0.3, 0.4) is 0 Å². The quantitative estimate of drug-likeness (QED) is 0.738. The Labute approximate surface area is 96.8 Å². The van der Waals surface area contributed by atoms with Gasteiger partial charge in [0.05, 0.1) is 11.6 Å². The zero-order valence-corrected chi connectivity index (χ0v) is 9.67. The maximum Gasteiger partial charge on any atom is 0.332 e. The summed E-state index contributed by atoms with van der Waals surface area (Å²) in [5, 5.41) is 18.1. The third kappa shape index (κ3) is 4.06. The normalized spacial score (nSPS) is 24.2. The number of nitrogens with zero attached hydrogens (tertiary/aromatic N) is 1. The first-order valence-electron chi connectivity index (χ1n) is 6.11. The Balaban J connectivity index is 2.77. The van der Waals surface area contributed by atoms with Crippen molar-refractivity contribution in [3.63, 3.8) is 0 Å². The largest absolute Gasteiger partial charge is 0.478 e. The average molecular weight is 221 g/mol. The van der Waals surface area contributed by atoms with Gasteiger partial charge < -0.3 is 5.11 Å². The van der Waals surface area contributed by atoms with Crippen LogP contribution >= 0.6 is 0 Å². The van der Waals surface area contributed by atoms with Gasteiger partial charge >= 0.3 is 5.97 Å².